The highest BCUT2D eigenvalue weighted by Crippen LogP contribution is 2.21. The van der Waals surface area contributed by atoms with Gasteiger partial charge in [-0.15, -0.1) is 0 Å². The highest BCUT2D eigenvalue weighted by Gasteiger charge is 2.28. The Kier molecular flexibility index (Phi) is 30.2. The van der Waals surface area contributed by atoms with Crippen molar-refractivity contribution in [1.82, 2.24) is 0 Å². The minimum atomic E-state index is -1.38. The number of hydrogen-bond acceptors (Lipinski definition) is 4. The summed E-state index contributed by atoms with van der Waals surface area (Å²) in [5, 5.41) is 31.2. The summed E-state index contributed by atoms with van der Waals surface area (Å²) < 4.78 is 0. The molecule has 0 saturated carbocycles. The van der Waals surface area contributed by atoms with Gasteiger partial charge in [-0.05, 0) is 19.3 Å². The molecule has 4 heteroatoms. The van der Waals surface area contributed by atoms with E-state index in [2.05, 4.69) is 13.8 Å². The average molecular weight is 570 g/mol. The van der Waals surface area contributed by atoms with Gasteiger partial charge in [0.25, 0.3) is 0 Å². The third kappa shape index (κ3) is 29.3. The van der Waals surface area contributed by atoms with Crippen molar-refractivity contribution < 1.29 is 15.3 Å². The van der Waals surface area contributed by atoms with Crippen LogP contribution in [0.15, 0.2) is 0 Å². The summed E-state index contributed by atoms with van der Waals surface area (Å²) in [6.45, 7) is 4.54. The van der Waals surface area contributed by atoms with E-state index in [1.54, 1.807) is 0 Å². The maximum Gasteiger partial charge on any atom is 0.116 e. The lowest BCUT2D eigenvalue weighted by Gasteiger charge is -2.28. The highest BCUT2D eigenvalue weighted by atomic mass is 16.3. The van der Waals surface area contributed by atoms with Gasteiger partial charge in [0.2, 0.25) is 0 Å². The van der Waals surface area contributed by atoms with Crippen molar-refractivity contribution in [3.63, 3.8) is 0 Å². The average Bonchev–Trinajstić information content (AvgIpc) is 2.93. The lowest BCUT2D eigenvalue weighted by molar-refractivity contribution is -0.0592. The summed E-state index contributed by atoms with van der Waals surface area (Å²) in [5.74, 6) is 0. The number of aliphatic hydroxyl groups is 3. The molecule has 0 aliphatic rings. The fourth-order valence-electron chi connectivity index (χ4n) is 5.97. The van der Waals surface area contributed by atoms with Crippen LogP contribution in [0.3, 0.4) is 0 Å². The molecule has 0 aromatic heterocycles. The fourth-order valence-corrected chi connectivity index (χ4v) is 5.97. The summed E-state index contributed by atoms with van der Waals surface area (Å²) >= 11 is 0. The van der Waals surface area contributed by atoms with Crippen molar-refractivity contribution in [1.29, 1.82) is 0 Å². The Morgan fingerprint density at radius 1 is 0.425 bits per heavy atom. The number of nitrogens with two attached hydrogens (primary N) is 1. The molecule has 3 atom stereocenters. The molecule has 0 aliphatic carbocycles. The first-order valence-corrected chi connectivity index (χ1v) is 18.3. The molecule has 40 heavy (non-hydrogen) atoms. The molecule has 5 N–H and O–H groups in total. The van der Waals surface area contributed by atoms with E-state index in [9.17, 15) is 15.3 Å². The molecule has 0 heterocycles. The molecule has 3 unspecified atom stereocenters. The van der Waals surface area contributed by atoms with Gasteiger partial charge in [0.05, 0.1) is 12.2 Å². The molecule has 0 fully saturated rings. The molecular weight excluding hydrogens is 494 g/mol. The minimum absolute atomic E-state index is 0.0607. The van der Waals surface area contributed by atoms with E-state index in [4.69, 9.17) is 5.73 Å². The molecule has 0 bridgehead atoms. The zero-order valence-electron chi connectivity index (χ0n) is 27.5. The Hall–Kier alpha value is -0.160. The lowest BCUT2D eigenvalue weighted by atomic mass is 9.94. The van der Waals surface area contributed by atoms with E-state index in [1.165, 1.54) is 154 Å². The molecule has 0 rings (SSSR count). The maximum atomic E-state index is 10.5. The van der Waals surface area contributed by atoms with Crippen LogP contribution in [0.25, 0.3) is 0 Å². The zero-order valence-corrected chi connectivity index (χ0v) is 27.5. The summed E-state index contributed by atoms with van der Waals surface area (Å²) in [6, 6.07) is 0. The van der Waals surface area contributed by atoms with Crippen LogP contribution in [0.1, 0.15) is 213 Å². The monoisotopic (exact) mass is 570 g/mol. The molecule has 0 aliphatic heterocycles. The topological polar surface area (TPSA) is 86.7 Å². The second-order valence-electron chi connectivity index (χ2n) is 13.2. The summed E-state index contributed by atoms with van der Waals surface area (Å²) in [6.07, 6.45) is 35.9. The number of hydrogen-bond donors (Lipinski definition) is 4. The number of aliphatic hydroxyl groups excluding tert-OH is 2. The fraction of sp³-hybridized carbons (Fsp3) is 1.00. The Morgan fingerprint density at radius 2 is 0.700 bits per heavy atom. The largest absolute Gasteiger partial charge is 0.390 e. The second kappa shape index (κ2) is 30.3. The predicted molar refractivity (Wildman–Crippen MR) is 176 cm³/mol. The quantitative estimate of drug-likeness (QED) is 0.0467. The minimum Gasteiger partial charge on any atom is -0.390 e. The molecule has 0 amide bonds. The van der Waals surface area contributed by atoms with Crippen LogP contribution < -0.4 is 5.73 Å². The Balaban J connectivity index is 3.53. The van der Waals surface area contributed by atoms with Crippen molar-refractivity contribution in [2.75, 3.05) is 0 Å². The Morgan fingerprint density at radius 3 is 1.02 bits per heavy atom. The summed E-state index contributed by atoms with van der Waals surface area (Å²) in [7, 11) is 0. The number of rotatable bonds is 33. The van der Waals surface area contributed by atoms with Crippen LogP contribution >= 0.6 is 0 Å². The first-order valence-electron chi connectivity index (χ1n) is 18.3. The van der Waals surface area contributed by atoms with Crippen molar-refractivity contribution in [2.45, 2.75) is 231 Å². The molecule has 4 nitrogen and oxygen atoms in total. The predicted octanol–water partition coefficient (Wildman–Crippen LogP) is 10.5. The van der Waals surface area contributed by atoms with E-state index in [0.29, 0.717) is 12.8 Å². The molecule has 242 valence electrons. The van der Waals surface area contributed by atoms with Gasteiger partial charge in [-0.2, -0.15) is 0 Å². The normalized spacial score (nSPS) is 14.8. The first-order chi connectivity index (χ1) is 19.4. The van der Waals surface area contributed by atoms with Crippen LogP contribution in [0.2, 0.25) is 0 Å². The SMILES string of the molecule is CCCCCCCCCCCCCCCCCCC(N)(O)CC(O)C(O)CCCCCCCCCCCCCC. The standard InChI is InChI=1S/C36H75NO3/c1-3-5-7-9-11-13-15-17-18-19-20-22-24-26-28-30-32-36(37,40)33-35(39)34(38)31-29-27-25-23-21-16-14-12-10-8-6-4-2/h34-35,38-40H,3-33,37H2,1-2H3. The van der Waals surface area contributed by atoms with Gasteiger partial charge in [0.1, 0.15) is 5.72 Å². The summed E-state index contributed by atoms with van der Waals surface area (Å²) in [4.78, 5) is 0. The van der Waals surface area contributed by atoms with Gasteiger partial charge < -0.3 is 21.1 Å². The van der Waals surface area contributed by atoms with Gasteiger partial charge in [-0.3, -0.25) is 0 Å². The van der Waals surface area contributed by atoms with Gasteiger partial charge in [0.15, 0.2) is 0 Å². The van der Waals surface area contributed by atoms with Crippen molar-refractivity contribution in [3.8, 4) is 0 Å². The van der Waals surface area contributed by atoms with Crippen molar-refractivity contribution >= 4 is 0 Å². The smallest absolute Gasteiger partial charge is 0.116 e. The third-order valence-electron chi connectivity index (χ3n) is 8.82. The van der Waals surface area contributed by atoms with Gasteiger partial charge >= 0.3 is 0 Å². The molecule has 0 saturated heterocycles. The third-order valence-corrected chi connectivity index (χ3v) is 8.82. The molecule has 0 spiro atoms. The molecule has 0 radical (unpaired) electrons. The van der Waals surface area contributed by atoms with E-state index >= 15 is 0 Å². The first kappa shape index (κ1) is 39.8. The van der Waals surface area contributed by atoms with E-state index in [0.717, 1.165) is 25.7 Å². The number of unbranched alkanes of at least 4 members (excludes halogenated alkanes) is 26. The van der Waals surface area contributed by atoms with Crippen LogP contribution in [-0.2, 0) is 0 Å². The molecular formula is C36H75NO3. The maximum absolute atomic E-state index is 10.5. The highest BCUT2D eigenvalue weighted by molar-refractivity contribution is 4.79. The van der Waals surface area contributed by atoms with Crippen LogP contribution in [0.4, 0.5) is 0 Å². The second-order valence-corrected chi connectivity index (χ2v) is 13.2. The Bertz CT molecular complexity index is 485. The van der Waals surface area contributed by atoms with Crippen molar-refractivity contribution in [3.05, 3.63) is 0 Å². The zero-order chi connectivity index (χ0) is 29.6. The van der Waals surface area contributed by atoms with E-state index in [1.807, 2.05) is 0 Å². The summed E-state index contributed by atoms with van der Waals surface area (Å²) in [5.41, 5.74) is 4.69. The van der Waals surface area contributed by atoms with Crippen LogP contribution in [-0.4, -0.2) is 33.3 Å². The van der Waals surface area contributed by atoms with Crippen LogP contribution in [0.5, 0.6) is 0 Å². The van der Waals surface area contributed by atoms with E-state index < -0.39 is 17.9 Å². The van der Waals surface area contributed by atoms with Crippen LogP contribution in [0, 0.1) is 0 Å². The molecule has 0 aromatic rings. The van der Waals surface area contributed by atoms with Gasteiger partial charge in [-0.1, -0.05) is 187 Å². The van der Waals surface area contributed by atoms with Crippen molar-refractivity contribution in [2.24, 2.45) is 5.73 Å². The van der Waals surface area contributed by atoms with Gasteiger partial charge in [-0.25, -0.2) is 0 Å². The van der Waals surface area contributed by atoms with E-state index in [-0.39, 0.29) is 6.42 Å². The Labute approximate surface area is 251 Å². The van der Waals surface area contributed by atoms with Gasteiger partial charge in [0, 0.05) is 6.42 Å². The molecule has 0 aromatic carbocycles. The lowest BCUT2D eigenvalue weighted by Crippen LogP contribution is -2.45.